The Bertz CT molecular complexity index is 175. The number of nitrogens with one attached hydrogen (secondary N) is 1. The Hall–Kier alpha value is -0.810. The highest BCUT2D eigenvalue weighted by Gasteiger charge is 2.09. The van der Waals surface area contributed by atoms with Crippen LogP contribution in [0.2, 0.25) is 0 Å². The molecule has 0 aromatic heterocycles. The molecule has 0 heterocycles. The van der Waals surface area contributed by atoms with Crippen molar-refractivity contribution in [1.82, 2.24) is 5.32 Å². The van der Waals surface area contributed by atoms with E-state index in [1.807, 2.05) is 20.8 Å². The van der Waals surface area contributed by atoms with Crippen LogP contribution in [0, 0.1) is 0 Å². The molecule has 5 nitrogen and oxygen atoms in total. The third kappa shape index (κ3) is 7.55. The summed E-state index contributed by atoms with van der Waals surface area (Å²) in [5, 5.41) is 20.4. The predicted octanol–water partition coefficient (Wildman–Crippen LogP) is -0.958. The monoisotopic (exact) mass is 189 g/mol. The summed E-state index contributed by atoms with van der Waals surface area (Å²) < 4.78 is 0. The quantitative estimate of drug-likeness (QED) is 0.340. The Morgan fingerprint density at radius 1 is 1.54 bits per heavy atom. The molecule has 0 aliphatic heterocycles. The van der Waals surface area contributed by atoms with Crippen LogP contribution in [-0.4, -0.2) is 41.0 Å². The average molecular weight is 189 g/mol. The Labute approximate surface area is 78.7 Å². The fraction of sp³-hybridized carbons (Fsp3) is 0.875. The van der Waals surface area contributed by atoms with Crippen LogP contribution in [0.15, 0.2) is 4.99 Å². The first-order valence-electron chi connectivity index (χ1n) is 4.22. The second kappa shape index (κ2) is 5.04. The van der Waals surface area contributed by atoms with Crippen LogP contribution in [0.4, 0.5) is 0 Å². The van der Waals surface area contributed by atoms with Gasteiger partial charge in [-0.25, -0.2) is 0 Å². The molecule has 0 saturated carbocycles. The molecule has 5 N–H and O–H groups in total. The zero-order chi connectivity index (χ0) is 10.5. The van der Waals surface area contributed by atoms with E-state index in [1.54, 1.807) is 0 Å². The van der Waals surface area contributed by atoms with Gasteiger partial charge >= 0.3 is 0 Å². The second-order valence-electron chi connectivity index (χ2n) is 3.94. The third-order valence-corrected chi connectivity index (χ3v) is 1.19. The fourth-order valence-electron chi connectivity index (χ4n) is 0.685. The first kappa shape index (κ1) is 12.2. The zero-order valence-corrected chi connectivity index (χ0v) is 8.41. The molecule has 1 atom stereocenters. The summed E-state index contributed by atoms with van der Waals surface area (Å²) in [6.45, 7) is 5.69. The van der Waals surface area contributed by atoms with Gasteiger partial charge in [-0.1, -0.05) is 0 Å². The van der Waals surface area contributed by atoms with Gasteiger partial charge in [0.25, 0.3) is 0 Å². The lowest BCUT2D eigenvalue weighted by Crippen LogP contribution is -2.45. The van der Waals surface area contributed by atoms with E-state index in [0.717, 1.165) is 0 Å². The Kier molecular flexibility index (Phi) is 4.72. The van der Waals surface area contributed by atoms with Crippen molar-refractivity contribution in [2.45, 2.75) is 32.4 Å². The molecule has 0 bridgehead atoms. The number of rotatable bonds is 3. The molecule has 0 spiro atoms. The summed E-state index contributed by atoms with van der Waals surface area (Å²) in [5.74, 6) is 0.278. The van der Waals surface area contributed by atoms with E-state index in [2.05, 4.69) is 10.3 Å². The van der Waals surface area contributed by atoms with Gasteiger partial charge in [0.1, 0.15) is 0 Å². The summed E-state index contributed by atoms with van der Waals surface area (Å²) in [6, 6.07) is 0. The van der Waals surface area contributed by atoms with Crippen LogP contribution >= 0.6 is 0 Å². The van der Waals surface area contributed by atoms with Crippen LogP contribution in [0.3, 0.4) is 0 Å². The molecule has 0 fully saturated rings. The third-order valence-electron chi connectivity index (χ3n) is 1.19. The summed E-state index contributed by atoms with van der Waals surface area (Å²) in [7, 11) is 0. The van der Waals surface area contributed by atoms with E-state index in [4.69, 9.17) is 15.9 Å². The SMILES string of the molecule is CC(C)(C)NC(N)=NCC(O)CO. The van der Waals surface area contributed by atoms with Crippen LogP contribution in [-0.2, 0) is 0 Å². The molecule has 0 saturated heterocycles. The maximum absolute atomic E-state index is 8.96. The lowest BCUT2D eigenvalue weighted by atomic mass is 10.1. The topological polar surface area (TPSA) is 90.9 Å². The molecule has 0 radical (unpaired) electrons. The van der Waals surface area contributed by atoms with Crippen molar-refractivity contribution in [3.63, 3.8) is 0 Å². The van der Waals surface area contributed by atoms with Crippen molar-refractivity contribution in [1.29, 1.82) is 0 Å². The molecule has 0 amide bonds. The number of aliphatic imine (C=N–C) groups is 1. The fourth-order valence-corrected chi connectivity index (χ4v) is 0.685. The van der Waals surface area contributed by atoms with Gasteiger partial charge in [-0.2, -0.15) is 0 Å². The first-order chi connectivity index (χ1) is 5.85. The summed E-state index contributed by atoms with van der Waals surface area (Å²) in [6.07, 6.45) is -0.833. The van der Waals surface area contributed by atoms with Gasteiger partial charge in [-0.05, 0) is 20.8 Å². The zero-order valence-electron chi connectivity index (χ0n) is 8.41. The highest BCUT2D eigenvalue weighted by molar-refractivity contribution is 5.78. The van der Waals surface area contributed by atoms with Gasteiger partial charge in [-0.3, -0.25) is 4.99 Å². The van der Waals surface area contributed by atoms with Crippen LogP contribution in [0.1, 0.15) is 20.8 Å². The van der Waals surface area contributed by atoms with Crippen molar-refractivity contribution >= 4 is 5.96 Å². The maximum Gasteiger partial charge on any atom is 0.189 e. The average Bonchev–Trinajstić information content (AvgIpc) is 1.97. The smallest absolute Gasteiger partial charge is 0.189 e. The molecular weight excluding hydrogens is 170 g/mol. The number of guanidine groups is 1. The van der Waals surface area contributed by atoms with Crippen molar-refractivity contribution in [2.75, 3.05) is 13.2 Å². The second-order valence-corrected chi connectivity index (χ2v) is 3.94. The molecule has 78 valence electrons. The largest absolute Gasteiger partial charge is 0.394 e. The van der Waals surface area contributed by atoms with Gasteiger partial charge in [0, 0.05) is 5.54 Å². The van der Waals surface area contributed by atoms with Gasteiger partial charge in [0.2, 0.25) is 0 Å². The van der Waals surface area contributed by atoms with E-state index >= 15 is 0 Å². The van der Waals surface area contributed by atoms with Crippen molar-refractivity contribution in [3.05, 3.63) is 0 Å². The summed E-state index contributed by atoms with van der Waals surface area (Å²) in [4.78, 5) is 3.85. The van der Waals surface area contributed by atoms with E-state index in [1.165, 1.54) is 0 Å². The molecule has 5 heteroatoms. The highest BCUT2D eigenvalue weighted by Crippen LogP contribution is 1.96. The molecule has 0 rings (SSSR count). The minimum atomic E-state index is -0.833. The van der Waals surface area contributed by atoms with Crippen molar-refractivity contribution in [3.8, 4) is 0 Å². The molecule has 13 heavy (non-hydrogen) atoms. The van der Waals surface area contributed by atoms with Gasteiger partial charge in [0.15, 0.2) is 5.96 Å². The van der Waals surface area contributed by atoms with Crippen molar-refractivity contribution in [2.24, 2.45) is 10.7 Å². The Morgan fingerprint density at radius 3 is 2.46 bits per heavy atom. The van der Waals surface area contributed by atoms with Crippen molar-refractivity contribution < 1.29 is 10.2 Å². The van der Waals surface area contributed by atoms with E-state index < -0.39 is 6.10 Å². The number of aliphatic hydroxyl groups is 2. The maximum atomic E-state index is 8.96. The summed E-state index contributed by atoms with van der Waals surface area (Å²) >= 11 is 0. The Morgan fingerprint density at radius 2 is 2.08 bits per heavy atom. The number of nitrogens with zero attached hydrogens (tertiary/aromatic N) is 1. The molecule has 0 aromatic rings. The minimum absolute atomic E-state index is 0.116. The van der Waals surface area contributed by atoms with E-state index in [0.29, 0.717) is 0 Å². The van der Waals surface area contributed by atoms with Gasteiger partial charge in [-0.15, -0.1) is 0 Å². The summed E-state index contributed by atoms with van der Waals surface area (Å²) in [5.41, 5.74) is 5.37. The van der Waals surface area contributed by atoms with Gasteiger partial charge < -0.3 is 21.3 Å². The standard InChI is InChI=1S/C8H19N3O2/c1-8(2,3)11-7(9)10-4-6(13)5-12/h6,12-13H,4-5H2,1-3H3,(H3,9,10,11). The predicted molar refractivity (Wildman–Crippen MR) is 52.5 cm³/mol. The number of aliphatic hydroxyl groups excluding tert-OH is 2. The number of hydrogen-bond acceptors (Lipinski definition) is 3. The normalized spacial score (nSPS) is 15.6. The molecule has 0 aromatic carbocycles. The molecule has 0 aliphatic rings. The highest BCUT2D eigenvalue weighted by atomic mass is 16.3. The van der Waals surface area contributed by atoms with Crippen LogP contribution < -0.4 is 11.1 Å². The first-order valence-corrected chi connectivity index (χ1v) is 4.22. The van der Waals surface area contributed by atoms with E-state index in [-0.39, 0.29) is 24.7 Å². The molecule has 1 unspecified atom stereocenters. The van der Waals surface area contributed by atoms with Crippen LogP contribution in [0.25, 0.3) is 0 Å². The van der Waals surface area contributed by atoms with Crippen LogP contribution in [0.5, 0.6) is 0 Å². The van der Waals surface area contributed by atoms with E-state index in [9.17, 15) is 0 Å². The number of hydrogen-bond donors (Lipinski definition) is 4. The number of nitrogens with two attached hydrogens (primary N) is 1. The lowest BCUT2D eigenvalue weighted by Gasteiger charge is -2.21. The molecule has 0 aliphatic carbocycles. The lowest BCUT2D eigenvalue weighted by molar-refractivity contribution is 0.102. The Balaban J connectivity index is 3.89. The minimum Gasteiger partial charge on any atom is -0.394 e. The molecular formula is C8H19N3O2. The van der Waals surface area contributed by atoms with Gasteiger partial charge in [0.05, 0.1) is 19.3 Å².